The second-order valence-corrected chi connectivity index (χ2v) is 7.35. The number of hydrogen-bond acceptors (Lipinski definition) is 5. The molecule has 0 spiro atoms. The normalized spacial score (nSPS) is 37.9. The molecular weight excluding hydrogens is 316 g/mol. The van der Waals surface area contributed by atoms with Gasteiger partial charge in [0.1, 0.15) is 0 Å². The van der Waals surface area contributed by atoms with Crippen LogP contribution >= 0.6 is 11.6 Å². The van der Waals surface area contributed by atoms with Gasteiger partial charge in [-0.2, -0.15) is 0 Å². The Kier molecular flexibility index (Phi) is 4.32. The number of aliphatic hydroxyl groups is 1. The lowest BCUT2D eigenvalue weighted by molar-refractivity contribution is -0.221. The van der Waals surface area contributed by atoms with Crippen LogP contribution in [0.25, 0.3) is 0 Å². The van der Waals surface area contributed by atoms with E-state index < -0.39 is 5.60 Å². The van der Waals surface area contributed by atoms with Crippen molar-refractivity contribution >= 4 is 11.6 Å². The number of ether oxygens (including phenoxy) is 2. The molecule has 0 amide bonds. The van der Waals surface area contributed by atoms with Crippen molar-refractivity contribution in [2.75, 3.05) is 33.0 Å². The predicted molar refractivity (Wildman–Crippen MR) is 86.2 cm³/mol. The summed E-state index contributed by atoms with van der Waals surface area (Å²) in [6, 6.07) is 2.32. The van der Waals surface area contributed by atoms with Gasteiger partial charge in [-0.1, -0.05) is 11.6 Å². The molecule has 4 rings (SSSR count). The van der Waals surface area contributed by atoms with Gasteiger partial charge in [-0.15, -0.1) is 0 Å². The molecule has 0 aliphatic carbocycles. The van der Waals surface area contributed by atoms with Gasteiger partial charge in [-0.05, 0) is 18.1 Å². The van der Waals surface area contributed by atoms with Gasteiger partial charge in [0.25, 0.3) is 0 Å². The lowest BCUT2D eigenvalue weighted by Crippen LogP contribution is -2.67. The molecule has 3 fully saturated rings. The van der Waals surface area contributed by atoms with Crippen LogP contribution < -0.4 is 0 Å². The van der Waals surface area contributed by atoms with Gasteiger partial charge in [0, 0.05) is 63.0 Å². The van der Waals surface area contributed by atoms with Crippen LogP contribution in [0.2, 0.25) is 5.02 Å². The Morgan fingerprint density at radius 1 is 1.35 bits per heavy atom. The summed E-state index contributed by atoms with van der Waals surface area (Å²) in [5, 5.41) is 12.0. The second-order valence-electron chi connectivity index (χ2n) is 6.95. The number of rotatable bonds is 2. The molecule has 1 aromatic rings. The van der Waals surface area contributed by atoms with E-state index >= 15 is 0 Å². The van der Waals surface area contributed by atoms with Crippen LogP contribution in [0, 0.1) is 11.8 Å². The first-order chi connectivity index (χ1) is 11.2. The standard InChI is InChI=1S/C17H23ClN2O3/c18-15-7-19-4-1-12(15)8-20-9-13-10-23-6-3-17(13,21)14-11-22-5-2-16(14)20/h1,4,7,13-14,16,21H,2-3,5-6,8-11H2/t13-,14+,16+,17+/m1/s1. The minimum Gasteiger partial charge on any atom is -0.389 e. The molecule has 3 saturated heterocycles. The molecule has 4 atom stereocenters. The van der Waals surface area contributed by atoms with Crippen LogP contribution in [-0.2, 0) is 16.0 Å². The monoisotopic (exact) mass is 338 g/mol. The molecule has 6 heteroatoms. The Bertz CT molecular complexity index is 573. The zero-order chi connectivity index (χ0) is 15.9. The number of nitrogens with zero attached hydrogens (tertiary/aromatic N) is 2. The van der Waals surface area contributed by atoms with E-state index in [9.17, 15) is 5.11 Å². The van der Waals surface area contributed by atoms with Gasteiger partial charge >= 0.3 is 0 Å². The molecule has 1 aromatic heterocycles. The number of halogens is 1. The molecule has 3 aliphatic rings. The van der Waals surface area contributed by atoms with Crippen LogP contribution in [0.4, 0.5) is 0 Å². The van der Waals surface area contributed by atoms with Crippen molar-refractivity contribution in [1.29, 1.82) is 0 Å². The molecule has 0 aromatic carbocycles. The fraction of sp³-hybridized carbons (Fsp3) is 0.706. The Balaban J connectivity index is 1.61. The maximum Gasteiger partial charge on any atom is 0.0796 e. The SMILES string of the molecule is O[C@@]12CCOC[C@H]1CN(Cc1ccncc1Cl)[C@H]1CCOC[C@@H]12. The summed E-state index contributed by atoms with van der Waals surface area (Å²) in [6.07, 6.45) is 5.16. The number of likely N-dealkylation sites (tertiary alicyclic amines) is 1. The Hall–Kier alpha value is -0.720. The van der Waals surface area contributed by atoms with Crippen molar-refractivity contribution in [1.82, 2.24) is 9.88 Å². The largest absolute Gasteiger partial charge is 0.389 e. The molecular formula is C17H23ClN2O3. The van der Waals surface area contributed by atoms with Gasteiger partial charge in [0.05, 0.1) is 23.8 Å². The number of aromatic nitrogens is 1. The summed E-state index contributed by atoms with van der Waals surface area (Å²) >= 11 is 6.30. The highest BCUT2D eigenvalue weighted by Crippen LogP contribution is 2.44. The highest BCUT2D eigenvalue weighted by atomic mass is 35.5. The topological polar surface area (TPSA) is 54.8 Å². The number of pyridine rings is 1. The zero-order valence-electron chi connectivity index (χ0n) is 13.2. The molecule has 0 radical (unpaired) electrons. The van der Waals surface area contributed by atoms with Gasteiger partial charge < -0.3 is 14.6 Å². The third kappa shape index (κ3) is 2.79. The highest BCUT2D eigenvalue weighted by Gasteiger charge is 2.55. The second kappa shape index (κ2) is 6.30. The average molecular weight is 339 g/mol. The minimum atomic E-state index is -0.651. The molecule has 23 heavy (non-hydrogen) atoms. The van der Waals surface area contributed by atoms with Crippen LogP contribution in [-0.4, -0.2) is 59.6 Å². The smallest absolute Gasteiger partial charge is 0.0796 e. The first kappa shape index (κ1) is 15.8. The van der Waals surface area contributed by atoms with Crippen LogP contribution in [0.15, 0.2) is 18.5 Å². The van der Waals surface area contributed by atoms with E-state index in [4.69, 9.17) is 21.1 Å². The van der Waals surface area contributed by atoms with E-state index in [1.54, 1.807) is 12.4 Å². The van der Waals surface area contributed by atoms with Gasteiger partial charge in [-0.3, -0.25) is 9.88 Å². The van der Waals surface area contributed by atoms with E-state index in [1.165, 1.54) is 0 Å². The number of fused-ring (bicyclic) bond motifs is 3. The first-order valence-electron chi connectivity index (χ1n) is 8.39. The lowest BCUT2D eigenvalue weighted by atomic mass is 9.66. The van der Waals surface area contributed by atoms with Crippen molar-refractivity contribution in [3.63, 3.8) is 0 Å². The third-order valence-electron chi connectivity index (χ3n) is 5.79. The summed E-state index contributed by atoms with van der Waals surface area (Å²) in [5.41, 5.74) is 0.441. The lowest BCUT2D eigenvalue weighted by Gasteiger charge is -2.57. The van der Waals surface area contributed by atoms with Gasteiger partial charge in [-0.25, -0.2) is 0 Å². The zero-order valence-corrected chi connectivity index (χ0v) is 13.9. The van der Waals surface area contributed by atoms with Crippen LogP contribution in [0.1, 0.15) is 18.4 Å². The quantitative estimate of drug-likeness (QED) is 0.890. The Labute approximate surface area is 141 Å². The summed E-state index contributed by atoms with van der Waals surface area (Å²) in [5.74, 6) is 0.291. The van der Waals surface area contributed by atoms with Crippen molar-refractivity contribution in [2.45, 2.75) is 31.0 Å². The molecule has 5 nitrogen and oxygen atoms in total. The van der Waals surface area contributed by atoms with E-state index in [1.807, 2.05) is 6.07 Å². The van der Waals surface area contributed by atoms with E-state index in [-0.39, 0.29) is 11.8 Å². The minimum absolute atomic E-state index is 0.139. The molecule has 3 aliphatic heterocycles. The van der Waals surface area contributed by atoms with Crippen molar-refractivity contribution in [3.05, 3.63) is 29.0 Å². The molecule has 0 saturated carbocycles. The molecule has 1 N–H and O–H groups in total. The van der Waals surface area contributed by atoms with Gasteiger partial charge in [0.15, 0.2) is 0 Å². The Morgan fingerprint density at radius 3 is 3.09 bits per heavy atom. The summed E-state index contributed by atoms with van der Waals surface area (Å²) < 4.78 is 11.4. The third-order valence-corrected chi connectivity index (χ3v) is 6.13. The van der Waals surface area contributed by atoms with E-state index in [0.29, 0.717) is 37.3 Å². The number of piperidine rings is 1. The molecule has 4 heterocycles. The van der Waals surface area contributed by atoms with Crippen molar-refractivity contribution in [2.24, 2.45) is 11.8 Å². The maximum absolute atomic E-state index is 11.3. The number of hydrogen-bond donors (Lipinski definition) is 1. The van der Waals surface area contributed by atoms with E-state index in [2.05, 4.69) is 9.88 Å². The first-order valence-corrected chi connectivity index (χ1v) is 8.76. The Morgan fingerprint density at radius 2 is 2.22 bits per heavy atom. The fourth-order valence-corrected chi connectivity index (χ4v) is 4.68. The summed E-state index contributed by atoms with van der Waals surface area (Å²) in [6.45, 7) is 4.30. The van der Waals surface area contributed by atoms with E-state index in [0.717, 1.165) is 31.7 Å². The van der Waals surface area contributed by atoms with Crippen molar-refractivity contribution < 1.29 is 14.6 Å². The maximum atomic E-state index is 11.3. The molecule has 0 unspecified atom stereocenters. The summed E-state index contributed by atoms with van der Waals surface area (Å²) in [7, 11) is 0. The predicted octanol–water partition coefficient (Wildman–Crippen LogP) is 1.72. The van der Waals surface area contributed by atoms with Gasteiger partial charge in [0.2, 0.25) is 0 Å². The highest BCUT2D eigenvalue weighted by molar-refractivity contribution is 6.31. The average Bonchev–Trinajstić information content (AvgIpc) is 2.58. The summed E-state index contributed by atoms with van der Waals surface area (Å²) in [4.78, 5) is 6.53. The van der Waals surface area contributed by atoms with Crippen molar-refractivity contribution in [3.8, 4) is 0 Å². The van der Waals surface area contributed by atoms with Crippen LogP contribution in [0.3, 0.4) is 0 Å². The fourth-order valence-electron chi connectivity index (χ4n) is 4.50. The molecule has 126 valence electrons. The molecule has 0 bridgehead atoms. The van der Waals surface area contributed by atoms with Crippen LogP contribution in [0.5, 0.6) is 0 Å².